The minimum atomic E-state index is -0.643. The van der Waals surface area contributed by atoms with Gasteiger partial charge in [-0.05, 0) is 31.6 Å². The number of carbonyl (C=O) groups is 1. The van der Waals surface area contributed by atoms with E-state index in [1.54, 1.807) is 0 Å². The number of carboxylic acids is 1. The van der Waals surface area contributed by atoms with Crippen molar-refractivity contribution >= 4 is 5.97 Å². The van der Waals surface area contributed by atoms with Crippen molar-refractivity contribution in [2.24, 2.45) is 10.8 Å². The van der Waals surface area contributed by atoms with Crippen LogP contribution in [0, 0.1) is 10.8 Å². The molecule has 0 radical (unpaired) electrons. The summed E-state index contributed by atoms with van der Waals surface area (Å²) >= 11 is 0. The molecule has 2 aliphatic rings. The van der Waals surface area contributed by atoms with Crippen LogP contribution in [0.25, 0.3) is 0 Å². The van der Waals surface area contributed by atoms with Crippen molar-refractivity contribution < 1.29 is 9.90 Å². The maximum absolute atomic E-state index is 11.0. The van der Waals surface area contributed by atoms with Gasteiger partial charge in [0.15, 0.2) is 0 Å². The van der Waals surface area contributed by atoms with Crippen LogP contribution in [0.3, 0.4) is 0 Å². The third-order valence-electron chi connectivity index (χ3n) is 4.08. The Morgan fingerprint density at radius 2 is 1.93 bits per heavy atom. The molecule has 2 fully saturated rings. The Morgan fingerprint density at radius 1 is 1.33 bits per heavy atom. The maximum atomic E-state index is 11.0. The molecule has 3 heteroatoms. The molecule has 3 nitrogen and oxygen atoms in total. The number of rotatable bonds is 2. The number of carboxylic acid groups (broad SMARTS) is 1. The second kappa shape index (κ2) is 3.21. The van der Waals surface area contributed by atoms with Crippen molar-refractivity contribution in [2.45, 2.75) is 46.1 Å². The van der Waals surface area contributed by atoms with Gasteiger partial charge in [-0.25, -0.2) is 0 Å². The first-order chi connectivity index (χ1) is 6.82. The van der Waals surface area contributed by atoms with Crippen molar-refractivity contribution in [1.82, 2.24) is 4.90 Å². The van der Waals surface area contributed by atoms with E-state index in [-0.39, 0.29) is 0 Å². The van der Waals surface area contributed by atoms with Crippen LogP contribution in [0.1, 0.15) is 40.0 Å². The van der Waals surface area contributed by atoms with Gasteiger partial charge in [0.05, 0.1) is 5.41 Å². The van der Waals surface area contributed by atoms with Crippen LogP contribution < -0.4 is 0 Å². The van der Waals surface area contributed by atoms with E-state index in [2.05, 4.69) is 18.7 Å². The van der Waals surface area contributed by atoms with Crippen LogP contribution >= 0.6 is 0 Å². The third-order valence-corrected chi connectivity index (χ3v) is 4.08. The van der Waals surface area contributed by atoms with Gasteiger partial charge in [0.1, 0.15) is 0 Å². The van der Waals surface area contributed by atoms with Crippen molar-refractivity contribution in [2.75, 3.05) is 13.1 Å². The summed E-state index contributed by atoms with van der Waals surface area (Å²) < 4.78 is 0. The molecule has 2 rings (SSSR count). The largest absolute Gasteiger partial charge is 0.481 e. The first kappa shape index (κ1) is 10.9. The fourth-order valence-electron chi connectivity index (χ4n) is 2.95. The van der Waals surface area contributed by atoms with Gasteiger partial charge in [-0.15, -0.1) is 0 Å². The average molecular weight is 211 g/mol. The Kier molecular flexibility index (Phi) is 2.34. The standard InChI is InChI=1S/C12H21NO2/c1-11(2)5-4-9(6-11)13-7-12(3,8-13)10(14)15/h9H,4-8H2,1-3H3,(H,14,15). The van der Waals surface area contributed by atoms with Crippen LogP contribution in [0.15, 0.2) is 0 Å². The summed E-state index contributed by atoms with van der Waals surface area (Å²) in [5.41, 5.74) is -0.0212. The average Bonchev–Trinajstić information content (AvgIpc) is 2.39. The zero-order valence-electron chi connectivity index (χ0n) is 9.92. The first-order valence-corrected chi connectivity index (χ1v) is 5.80. The highest BCUT2D eigenvalue weighted by Crippen LogP contribution is 2.43. The normalized spacial score (nSPS) is 33.7. The Bertz CT molecular complexity index is 279. The summed E-state index contributed by atoms with van der Waals surface area (Å²) in [5, 5.41) is 9.03. The highest BCUT2D eigenvalue weighted by Gasteiger charge is 2.49. The fraction of sp³-hybridized carbons (Fsp3) is 0.917. The number of hydrogen-bond donors (Lipinski definition) is 1. The predicted molar refractivity (Wildman–Crippen MR) is 58.7 cm³/mol. The molecule has 0 spiro atoms. The molecule has 0 aromatic rings. The van der Waals surface area contributed by atoms with Gasteiger partial charge in [-0.3, -0.25) is 9.69 Å². The van der Waals surface area contributed by atoms with Crippen LogP contribution in [0.2, 0.25) is 0 Å². The van der Waals surface area contributed by atoms with Crippen LogP contribution in [-0.2, 0) is 4.79 Å². The Labute approximate surface area is 91.5 Å². The van der Waals surface area contributed by atoms with Gasteiger partial charge < -0.3 is 5.11 Å². The topological polar surface area (TPSA) is 40.5 Å². The number of nitrogens with zero attached hydrogens (tertiary/aromatic N) is 1. The minimum absolute atomic E-state index is 0.458. The minimum Gasteiger partial charge on any atom is -0.481 e. The summed E-state index contributed by atoms with van der Waals surface area (Å²) in [6, 6.07) is 0.632. The lowest BCUT2D eigenvalue weighted by molar-refractivity contribution is -0.160. The van der Waals surface area contributed by atoms with Gasteiger partial charge in [-0.2, -0.15) is 0 Å². The molecule has 15 heavy (non-hydrogen) atoms. The van der Waals surface area contributed by atoms with Gasteiger partial charge in [-0.1, -0.05) is 13.8 Å². The lowest BCUT2D eigenvalue weighted by Crippen LogP contribution is -2.61. The second-order valence-electron chi connectivity index (χ2n) is 6.33. The molecule has 86 valence electrons. The van der Waals surface area contributed by atoms with Crippen LogP contribution in [0.4, 0.5) is 0 Å². The summed E-state index contributed by atoms with van der Waals surface area (Å²) in [7, 11) is 0. The summed E-state index contributed by atoms with van der Waals surface area (Å²) in [6.07, 6.45) is 3.74. The predicted octanol–water partition coefficient (Wildman–Crippen LogP) is 1.97. The van der Waals surface area contributed by atoms with Crippen molar-refractivity contribution in [1.29, 1.82) is 0 Å². The van der Waals surface area contributed by atoms with Crippen molar-refractivity contribution in [3.05, 3.63) is 0 Å². The summed E-state index contributed by atoms with van der Waals surface area (Å²) in [6.45, 7) is 7.95. The number of hydrogen-bond acceptors (Lipinski definition) is 2. The fourth-order valence-corrected chi connectivity index (χ4v) is 2.95. The summed E-state index contributed by atoms with van der Waals surface area (Å²) in [5.74, 6) is -0.643. The zero-order valence-corrected chi connectivity index (χ0v) is 9.92. The molecule has 1 aliphatic carbocycles. The lowest BCUT2D eigenvalue weighted by atomic mass is 9.80. The Hall–Kier alpha value is -0.570. The quantitative estimate of drug-likeness (QED) is 0.759. The molecular weight excluding hydrogens is 190 g/mol. The molecule has 1 saturated carbocycles. The monoisotopic (exact) mass is 211 g/mol. The highest BCUT2D eigenvalue weighted by atomic mass is 16.4. The van der Waals surface area contributed by atoms with E-state index < -0.39 is 11.4 Å². The van der Waals surface area contributed by atoms with E-state index in [1.165, 1.54) is 19.3 Å². The molecule has 1 saturated heterocycles. The Balaban J connectivity index is 1.88. The van der Waals surface area contributed by atoms with E-state index in [0.717, 1.165) is 13.1 Å². The SMILES string of the molecule is CC1(C)CCC(N2CC(C)(C(=O)O)C2)C1. The molecule has 1 N–H and O–H groups in total. The van der Waals surface area contributed by atoms with Crippen molar-refractivity contribution in [3.63, 3.8) is 0 Å². The maximum Gasteiger partial charge on any atom is 0.311 e. The molecule has 0 bridgehead atoms. The van der Waals surface area contributed by atoms with E-state index in [4.69, 9.17) is 5.11 Å². The molecule has 1 atom stereocenters. The smallest absolute Gasteiger partial charge is 0.311 e. The number of aliphatic carboxylic acids is 1. The van der Waals surface area contributed by atoms with Crippen molar-refractivity contribution in [3.8, 4) is 0 Å². The molecule has 1 heterocycles. The molecule has 1 unspecified atom stereocenters. The van der Waals surface area contributed by atoms with E-state index in [1.807, 2.05) is 6.92 Å². The highest BCUT2D eigenvalue weighted by molar-refractivity contribution is 5.76. The first-order valence-electron chi connectivity index (χ1n) is 5.80. The van der Waals surface area contributed by atoms with Crippen LogP contribution in [0.5, 0.6) is 0 Å². The van der Waals surface area contributed by atoms with E-state index in [0.29, 0.717) is 11.5 Å². The number of likely N-dealkylation sites (tertiary alicyclic amines) is 1. The van der Waals surface area contributed by atoms with Gasteiger partial charge in [0.25, 0.3) is 0 Å². The molecule has 0 amide bonds. The summed E-state index contributed by atoms with van der Waals surface area (Å²) in [4.78, 5) is 13.3. The van der Waals surface area contributed by atoms with E-state index in [9.17, 15) is 4.79 Å². The van der Waals surface area contributed by atoms with Gasteiger partial charge in [0, 0.05) is 19.1 Å². The molecular formula is C12H21NO2. The zero-order chi connectivity index (χ0) is 11.3. The Morgan fingerprint density at radius 3 is 2.33 bits per heavy atom. The second-order valence-corrected chi connectivity index (χ2v) is 6.33. The van der Waals surface area contributed by atoms with Gasteiger partial charge in [0.2, 0.25) is 0 Å². The van der Waals surface area contributed by atoms with Crippen LogP contribution in [-0.4, -0.2) is 35.1 Å². The third kappa shape index (κ3) is 1.89. The lowest BCUT2D eigenvalue weighted by Gasteiger charge is -2.48. The molecule has 0 aromatic carbocycles. The molecule has 0 aromatic heterocycles. The van der Waals surface area contributed by atoms with Gasteiger partial charge >= 0.3 is 5.97 Å². The molecule has 1 aliphatic heterocycles. The van der Waals surface area contributed by atoms with E-state index >= 15 is 0 Å².